The standard InChI is InChI=1S/C26H46O5/c1-4-5-6-7-8-9-10-11-14-23-24(31-26(2,3)30-23)15-12-13-20-16-17-21(28-20)22-18-19-25(27)29-22/h20-24H,4-19H2,1-3H3/t20-,21+,22+,23-,24+/m0/s1. The highest BCUT2D eigenvalue weighted by molar-refractivity contribution is 5.71. The first kappa shape index (κ1) is 25.0. The summed E-state index contributed by atoms with van der Waals surface area (Å²) >= 11 is 0. The van der Waals surface area contributed by atoms with Crippen molar-refractivity contribution in [2.24, 2.45) is 0 Å². The molecule has 5 heteroatoms. The van der Waals surface area contributed by atoms with E-state index in [9.17, 15) is 4.79 Å². The normalized spacial score (nSPS) is 32.6. The maximum atomic E-state index is 11.4. The summed E-state index contributed by atoms with van der Waals surface area (Å²) in [5, 5.41) is 0. The highest BCUT2D eigenvalue weighted by Gasteiger charge is 2.41. The van der Waals surface area contributed by atoms with E-state index in [1.807, 2.05) is 13.8 Å². The van der Waals surface area contributed by atoms with Crippen LogP contribution in [0.15, 0.2) is 0 Å². The lowest BCUT2D eigenvalue weighted by Gasteiger charge is -2.20. The molecule has 0 spiro atoms. The van der Waals surface area contributed by atoms with Gasteiger partial charge < -0.3 is 18.9 Å². The summed E-state index contributed by atoms with van der Waals surface area (Å²) in [6, 6.07) is 0. The number of rotatable bonds is 14. The van der Waals surface area contributed by atoms with Crippen molar-refractivity contribution in [2.45, 2.75) is 160 Å². The Hall–Kier alpha value is -0.650. The SMILES string of the molecule is CCCCCCCCCC[C@@H]1OC(C)(C)O[C@@H]1CCC[C@H]1CC[C@H]([C@H]2CCC(=O)O2)O1. The lowest BCUT2D eigenvalue weighted by Crippen LogP contribution is -2.26. The largest absolute Gasteiger partial charge is 0.460 e. The second-order valence-corrected chi connectivity index (χ2v) is 10.3. The van der Waals surface area contributed by atoms with E-state index in [1.54, 1.807) is 0 Å². The lowest BCUT2D eigenvalue weighted by molar-refractivity contribution is -0.148. The average Bonchev–Trinajstić information content (AvgIpc) is 3.43. The predicted octanol–water partition coefficient (Wildman–Crippen LogP) is 6.46. The van der Waals surface area contributed by atoms with Gasteiger partial charge in [0.2, 0.25) is 0 Å². The molecule has 0 aromatic heterocycles. The molecule has 3 aliphatic heterocycles. The molecular formula is C26H46O5. The number of cyclic esters (lactones) is 1. The van der Waals surface area contributed by atoms with Crippen LogP contribution >= 0.6 is 0 Å². The number of hydrogen-bond donors (Lipinski definition) is 0. The van der Waals surface area contributed by atoms with E-state index in [1.165, 1.54) is 51.4 Å². The molecule has 0 N–H and O–H groups in total. The number of esters is 1. The predicted molar refractivity (Wildman–Crippen MR) is 122 cm³/mol. The molecule has 5 atom stereocenters. The first-order valence-corrected chi connectivity index (χ1v) is 13.2. The summed E-state index contributed by atoms with van der Waals surface area (Å²) in [4.78, 5) is 11.4. The number of hydrogen-bond acceptors (Lipinski definition) is 5. The van der Waals surface area contributed by atoms with E-state index in [2.05, 4.69) is 6.92 Å². The van der Waals surface area contributed by atoms with Gasteiger partial charge in [-0.3, -0.25) is 4.79 Å². The van der Waals surface area contributed by atoms with E-state index in [4.69, 9.17) is 18.9 Å². The Morgan fingerprint density at radius 2 is 1.42 bits per heavy atom. The molecule has 0 bridgehead atoms. The van der Waals surface area contributed by atoms with E-state index < -0.39 is 5.79 Å². The van der Waals surface area contributed by atoms with Gasteiger partial charge in [-0.05, 0) is 58.8 Å². The van der Waals surface area contributed by atoms with Gasteiger partial charge in [0.15, 0.2) is 5.79 Å². The highest BCUT2D eigenvalue weighted by atomic mass is 16.7. The maximum absolute atomic E-state index is 11.4. The van der Waals surface area contributed by atoms with Crippen LogP contribution < -0.4 is 0 Å². The highest BCUT2D eigenvalue weighted by Crippen LogP contribution is 2.35. The van der Waals surface area contributed by atoms with Crippen molar-refractivity contribution in [1.82, 2.24) is 0 Å². The fourth-order valence-corrected chi connectivity index (χ4v) is 5.45. The Morgan fingerprint density at radius 3 is 2.06 bits per heavy atom. The maximum Gasteiger partial charge on any atom is 0.306 e. The topological polar surface area (TPSA) is 54.0 Å². The van der Waals surface area contributed by atoms with Crippen molar-refractivity contribution in [1.29, 1.82) is 0 Å². The summed E-state index contributed by atoms with van der Waals surface area (Å²) in [6.07, 6.45) is 19.3. The molecule has 3 aliphatic rings. The molecular weight excluding hydrogens is 392 g/mol. The quantitative estimate of drug-likeness (QED) is 0.230. The van der Waals surface area contributed by atoms with Crippen LogP contribution in [0, 0.1) is 0 Å². The minimum atomic E-state index is -0.462. The van der Waals surface area contributed by atoms with Crippen molar-refractivity contribution in [3.05, 3.63) is 0 Å². The zero-order valence-electron chi connectivity index (χ0n) is 20.2. The zero-order valence-corrected chi connectivity index (χ0v) is 20.2. The van der Waals surface area contributed by atoms with Gasteiger partial charge in [-0.1, -0.05) is 58.3 Å². The van der Waals surface area contributed by atoms with Crippen molar-refractivity contribution in [3.63, 3.8) is 0 Å². The van der Waals surface area contributed by atoms with E-state index in [0.717, 1.165) is 44.9 Å². The van der Waals surface area contributed by atoms with Crippen molar-refractivity contribution in [2.75, 3.05) is 0 Å². The molecule has 3 rings (SSSR count). The molecule has 180 valence electrons. The van der Waals surface area contributed by atoms with Gasteiger partial charge in [0.25, 0.3) is 0 Å². The minimum absolute atomic E-state index is 0.0131. The summed E-state index contributed by atoms with van der Waals surface area (Å²) in [7, 11) is 0. The Labute approximate surface area is 189 Å². The van der Waals surface area contributed by atoms with E-state index in [-0.39, 0.29) is 30.4 Å². The van der Waals surface area contributed by atoms with Crippen molar-refractivity contribution in [3.8, 4) is 0 Å². The Kier molecular flexibility index (Phi) is 10.1. The molecule has 0 aromatic carbocycles. The average molecular weight is 439 g/mol. The molecule has 0 saturated carbocycles. The van der Waals surface area contributed by atoms with E-state index >= 15 is 0 Å². The monoisotopic (exact) mass is 438 g/mol. The third-order valence-corrected chi connectivity index (χ3v) is 7.11. The fraction of sp³-hybridized carbons (Fsp3) is 0.962. The van der Waals surface area contributed by atoms with Gasteiger partial charge in [0.1, 0.15) is 6.10 Å². The molecule has 0 radical (unpaired) electrons. The van der Waals surface area contributed by atoms with Crippen LogP contribution in [0.5, 0.6) is 0 Å². The Bertz CT molecular complexity index is 534. The van der Waals surface area contributed by atoms with E-state index in [0.29, 0.717) is 12.5 Å². The molecule has 0 amide bonds. The van der Waals surface area contributed by atoms with Crippen LogP contribution in [0.3, 0.4) is 0 Å². The molecule has 0 unspecified atom stereocenters. The molecule has 5 nitrogen and oxygen atoms in total. The van der Waals surface area contributed by atoms with Gasteiger partial charge >= 0.3 is 5.97 Å². The molecule has 3 fully saturated rings. The second-order valence-electron chi connectivity index (χ2n) is 10.3. The number of carbonyl (C=O) groups is 1. The Balaban J connectivity index is 1.29. The van der Waals surface area contributed by atoms with Gasteiger partial charge in [-0.2, -0.15) is 0 Å². The summed E-state index contributed by atoms with van der Waals surface area (Å²) in [5.74, 6) is -0.530. The van der Waals surface area contributed by atoms with Crippen LogP contribution in [0.1, 0.15) is 124 Å². The first-order chi connectivity index (χ1) is 15.0. The zero-order chi connectivity index (χ0) is 22.1. The second kappa shape index (κ2) is 12.6. The third kappa shape index (κ3) is 8.33. The third-order valence-electron chi connectivity index (χ3n) is 7.11. The lowest BCUT2D eigenvalue weighted by atomic mass is 9.99. The van der Waals surface area contributed by atoms with Gasteiger partial charge in [-0.15, -0.1) is 0 Å². The van der Waals surface area contributed by atoms with Crippen LogP contribution in [-0.4, -0.2) is 42.3 Å². The van der Waals surface area contributed by atoms with Gasteiger partial charge in [0.05, 0.1) is 24.4 Å². The fourth-order valence-electron chi connectivity index (χ4n) is 5.45. The first-order valence-electron chi connectivity index (χ1n) is 13.2. The summed E-state index contributed by atoms with van der Waals surface area (Å²) in [5.41, 5.74) is 0. The van der Waals surface area contributed by atoms with Crippen LogP contribution in [0.2, 0.25) is 0 Å². The molecule has 0 aromatic rings. The van der Waals surface area contributed by atoms with Crippen molar-refractivity contribution >= 4 is 5.97 Å². The van der Waals surface area contributed by atoms with Crippen LogP contribution in [0.4, 0.5) is 0 Å². The Morgan fingerprint density at radius 1 is 0.774 bits per heavy atom. The summed E-state index contributed by atoms with van der Waals surface area (Å²) < 4.78 is 24.1. The molecule has 3 saturated heterocycles. The van der Waals surface area contributed by atoms with Crippen LogP contribution in [-0.2, 0) is 23.7 Å². The summed E-state index contributed by atoms with van der Waals surface area (Å²) in [6.45, 7) is 6.36. The number of ether oxygens (including phenoxy) is 4. The van der Waals surface area contributed by atoms with Gasteiger partial charge in [0, 0.05) is 6.42 Å². The van der Waals surface area contributed by atoms with Crippen molar-refractivity contribution < 1.29 is 23.7 Å². The smallest absolute Gasteiger partial charge is 0.306 e. The van der Waals surface area contributed by atoms with Crippen LogP contribution in [0.25, 0.3) is 0 Å². The minimum Gasteiger partial charge on any atom is -0.460 e. The molecule has 3 heterocycles. The molecule has 0 aliphatic carbocycles. The number of unbranched alkanes of at least 4 members (excludes halogenated alkanes) is 7. The molecule has 31 heavy (non-hydrogen) atoms. The van der Waals surface area contributed by atoms with Gasteiger partial charge in [-0.25, -0.2) is 0 Å². The number of carbonyl (C=O) groups excluding carboxylic acids is 1.